The van der Waals surface area contributed by atoms with Crippen molar-refractivity contribution >= 4 is 0 Å². The second kappa shape index (κ2) is 17.1. The first-order valence-corrected chi connectivity index (χ1v) is 13.7. The van der Waals surface area contributed by atoms with E-state index in [1.54, 1.807) is 0 Å². The van der Waals surface area contributed by atoms with E-state index in [2.05, 4.69) is 15.0 Å². The number of ether oxygens (including phenoxy) is 2. The average molecular weight is 530 g/mol. The van der Waals surface area contributed by atoms with Crippen LogP contribution in [0.5, 0.6) is 11.5 Å². The molecule has 3 N–H and O–H groups in total. The maximum absolute atomic E-state index is 11.4. The molecule has 4 unspecified atom stereocenters. The molecule has 0 radical (unpaired) electrons. The van der Waals surface area contributed by atoms with Gasteiger partial charge in [0.1, 0.15) is 18.1 Å². The first kappa shape index (κ1) is 30.0. The second-order valence-electron chi connectivity index (χ2n) is 9.72. The zero-order valence-corrected chi connectivity index (χ0v) is 22.2. The summed E-state index contributed by atoms with van der Waals surface area (Å²) in [6, 6.07) is 18.6. The maximum atomic E-state index is 11.4. The van der Waals surface area contributed by atoms with Gasteiger partial charge in [0, 0.05) is 31.2 Å². The van der Waals surface area contributed by atoms with Gasteiger partial charge in [-0.25, -0.2) is 0 Å². The molecular weight excluding hydrogens is 486 g/mol. The molecule has 38 heavy (non-hydrogen) atoms. The standard InChI is InChI=1S/C29H43N3O6/c33-18-16-31(24(22-35)15-20-37-26-9-3-1-4-10-26)28-13-7-8-14-29(28)32(17-19-34)25(21-30-36)23-38-27-11-5-2-6-12-27/h1-6,9-12,24-25,28-29,33-35H,7-8,13-23H2. The van der Waals surface area contributed by atoms with Crippen molar-refractivity contribution in [2.75, 3.05) is 52.7 Å². The fourth-order valence-corrected chi connectivity index (χ4v) is 5.57. The second-order valence-corrected chi connectivity index (χ2v) is 9.72. The van der Waals surface area contributed by atoms with E-state index >= 15 is 0 Å². The Balaban J connectivity index is 1.76. The van der Waals surface area contributed by atoms with Gasteiger partial charge in [-0.3, -0.25) is 9.80 Å². The Morgan fingerprint density at radius 1 is 0.789 bits per heavy atom. The van der Waals surface area contributed by atoms with Crippen LogP contribution >= 0.6 is 0 Å². The summed E-state index contributed by atoms with van der Waals surface area (Å²) in [6.07, 6.45) is 4.43. The smallest absolute Gasteiger partial charge is 0.119 e. The molecule has 1 aliphatic carbocycles. The van der Waals surface area contributed by atoms with Crippen molar-refractivity contribution in [3.63, 3.8) is 0 Å². The van der Waals surface area contributed by atoms with Gasteiger partial charge < -0.3 is 24.8 Å². The predicted molar refractivity (Wildman–Crippen MR) is 147 cm³/mol. The van der Waals surface area contributed by atoms with Gasteiger partial charge in [-0.2, -0.15) is 4.91 Å². The van der Waals surface area contributed by atoms with E-state index < -0.39 is 0 Å². The number of aliphatic hydroxyl groups excluding tert-OH is 3. The molecule has 9 nitrogen and oxygen atoms in total. The van der Waals surface area contributed by atoms with Crippen LogP contribution in [0.25, 0.3) is 0 Å². The van der Waals surface area contributed by atoms with Crippen LogP contribution in [0.15, 0.2) is 65.8 Å². The molecule has 2 aromatic carbocycles. The number of rotatable bonds is 18. The van der Waals surface area contributed by atoms with Crippen LogP contribution in [0.3, 0.4) is 0 Å². The molecule has 9 heteroatoms. The molecule has 0 heterocycles. The number of nitroso groups, excluding NO2 is 1. The first-order valence-electron chi connectivity index (χ1n) is 13.7. The van der Waals surface area contributed by atoms with Gasteiger partial charge >= 0.3 is 0 Å². The first-order chi connectivity index (χ1) is 18.7. The predicted octanol–water partition coefficient (Wildman–Crippen LogP) is 2.93. The molecule has 0 spiro atoms. The lowest BCUT2D eigenvalue weighted by Gasteiger charge is -2.49. The Morgan fingerprint density at radius 2 is 1.32 bits per heavy atom. The SMILES string of the molecule is O=NCC(COc1ccccc1)N(CCO)C1CCCCC1N(CCO)C(CO)CCOc1ccccc1. The van der Waals surface area contributed by atoms with Gasteiger partial charge in [0.05, 0.1) is 39.0 Å². The highest BCUT2D eigenvalue weighted by atomic mass is 16.5. The molecule has 2 aromatic rings. The zero-order valence-electron chi connectivity index (χ0n) is 22.2. The summed E-state index contributed by atoms with van der Waals surface area (Å²) >= 11 is 0. The van der Waals surface area contributed by atoms with Crippen LogP contribution in [0.2, 0.25) is 0 Å². The van der Waals surface area contributed by atoms with Gasteiger partial charge in [-0.05, 0) is 43.5 Å². The molecule has 1 saturated carbocycles. The molecule has 0 saturated heterocycles. The maximum Gasteiger partial charge on any atom is 0.119 e. The molecule has 0 aliphatic heterocycles. The Morgan fingerprint density at radius 3 is 1.82 bits per heavy atom. The van der Waals surface area contributed by atoms with Crippen LogP contribution in [0.1, 0.15) is 32.1 Å². The molecule has 1 fully saturated rings. The van der Waals surface area contributed by atoms with Crippen LogP contribution in [0, 0.1) is 4.91 Å². The zero-order chi connectivity index (χ0) is 27.0. The quantitative estimate of drug-likeness (QED) is 0.253. The molecule has 0 bridgehead atoms. The average Bonchev–Trinajstić information content (AvgIpc) is 2.97. The van der Waals surface area contributed by atoms with Crippen LogP contribution in [0.4, 0.5) is 0 Å². The lowest BCUT2D eigenvalue weighted by molar-refractivity contribution is -0.0292. The third kappa shape index (κ3) is 9.03. The van der Waals surface area contributed by atoms with Gasteiger partial charge in [-0.15, -0.1) is 0 Å². The Labute approximate surface area is 226 Å². The van der Waals surface area contributed by atoms with Crippen molar-refractivity contribution in [3.8, 4) is 11.5 Å². The summed E-state index contributed by atoms with van der Waals surface area (Å²) in [5.74, 6) is 1.50. The van der Waals surface area contributed by atoms with Crippen molar-refractivity contribution in [1.29, 1.82) is 0 Å². The summed E-state index contributed by atoms with van der Waals surface area (Å²) in [5.41, 5.74) is 0. The van der Waals surface area contributed by atoms with Crippen molar-refractivity contribution in [2.24, 2.45) is 5.18 Å². The van der Waals surface area contributed by atoms with Gasteiger partial charge in [-0.1, -0.05) is 54.4 Å². The number of para-hydroxylation sites is 2. The van der Waals surface area contributed by atoms with Crippen molar-refractivity contribution in [3.05, 3.63) is 65.6 Å². The minimum Gasteiger partial charge on any atom is -0.494 e. The highest BCUT2D eigenvalue weighted by Crippen LogP contribution is 2.31. The van der Waals surface area contributed by atoms with Crippen LogP contribution in [-0.4, -0.2) is 102 Å². The molecule has 0 amide bonds. The molecule has 210 valence electrons. The largest absolute Gasteiger partial charge is 0.494 e. The van der Waals surface area contributed by atoms with Crippen molar-refractivity contribution < 1.29 is 24.8 Å². The molecular formula is C29H43N3O6. The number of benzene rings is 2. The topological polar surface area (TPSA) is 115 Å². The van der Waals surface area contributed by atoms with E-state index in [0.29, 0.717) is 31.9 Å². The molecule has 0 aromatic heterocycles. The number of hydrogen-bond acceptors (Lipinski definition) is 9. The van der Waals surface area contributed by atoms with Crippen LogP contribution < -0.4 is 9.47 Å². The third-order valence-electron chi connectivity index (χ3n) is 7.34. The fourth-order valence-electron chi connectivity index (χ4n) is 5.57. The monoisotopic (exact) mass is 529 g/mol. The molecule has 3 rings (SSSR count). The van der Waals surface area contributed by atoms with E-state index in [-0.39, 0.29) is 57.1 Å². The van der Waals surface area contributed by atoms with E-state index in [1.165, 1.54) is 0 Å². The Kier molecular flexibility index (Phi) is 13.5. The highest BCUT2D eigenvalue weighted by Gasteiger charge is 2.39. The summed E-state index contributed by atoms with van der Waals surface area (Å²) < 4.78 is 11.9. The van der Waals surface area contributed by atoms with Crippen molar-refractivity contribution in [2.45, 2.75) is 56.3 Å². The minimum absolute atomic E-state index is 0.0117. The number of aliphatic hydroxyl groups is 3. The number of hydrogen-bond donors (Lipinski definition) is 3. The highest BCUT2D eigenvalue weighted by molar-refractivity contribution is 5.21. The van der Waals surface area contributed by atoms with Crippen LogP contribution in [-0.2, 0) is 0 Å². The fraction of sp³-hybridized carbons (Fsp3) is 0.586. The van der Waals surface area contributed by atoms with E-state index in [4.69, 9.17) is 9.47 Å². The van der Waals surface area contributed by atoms with Crippen molar-refractivity contribution in [1.82, 2.24) is 9.80 Å². The number of nitrogens with zero attached hydrogens (tertiary/aromatic N) is 3. The van der Waals surface area contributed by atoms with E-state index in [0.717, 1.165) is 31.4 Å². The normalized spacial score (nSPS) is 19.3. The van der Waals surface area contributed by atoms with Gasteiger partial charge in [0.2, 0.25) is 0 Å². The van der Waals surface area contributed by atoms with Gasteiger partial charge in [0.25, 0.3) is 0 Å². The Hall–Kier alpha value is -2.56. The third-order valence-corrected chi connectivity index (χ3v) is 7.34. The van der Waals surface area contributed by atoms with E-state index in [1.807, 2.05) is 60.7 Å². The summed E-state index contributed by atoms with van der Waals surface area (Å²) in [4.78, 5) is 15.8. The van der Waals surface area contributed by atoms with E-state index in [9.17, 15) is 20.2 Å². The minimum atomic E-state index is -0.310. The summed E-state index contributed by atoms with van der Waals surface area (Å²) in [5, 5.41) is 33.5. The summed E-state index contributed by atoms with van der Waals surface area (Å²) in [7, 11) is 0. The molecule has 1 aliphatic rings. The lowest BCUT2D eigenvalue weighted by Crippen LogP contribution is -2.61. The lowest BCUT2D eigenvalue weighted by atomic mass is 9.86. The Bertz CT molecular complexity index is 890. The van der Waals surface area contributed by atoms with Gasteiger partial charge in [0.15, 0.2) is 0 Å². The summed E-state index contributed by atoms with van der Waals surface area (Å²) in [6.45, 7) is 1.41. The molecule has 4 atom stereocenters.